The number of hydrogen-bond acceptors (Lipinski definition) is 3. The van der Waals surface area contributed by atoms with E-state index in [0.717, 1.165) is 51.7 Å². The Hall–Kier alpha value is -8.40. The lowest BCUT2D eigenvalue weighted by atomic mass is 9.62. The van der Waals surface area contributed by atoms with Crippen LogP contribution in [0.15, 0.2) is 203 Å². The first kappa shape index (κ1) is 64.6. The van der Waals surface area contributed by atoms with Crippen LogP contribution in [0.1, 0.15) is 235 Å². The molecule has 0 aliphatic heterocycles. The van der Waals surface area contributed by atoms with Gasteiger partial charge in [0.25, 0.3) is 0 Å². The number of nitrogens with zero attached hydrogens (tertiary/aromatic N) is 1. The van der Waals surface area contributed by atoms with E-state index in [2.05, 4.69) is 247 Å². The Kier molecular flexibility index (Phi) is 18.3. The van der Waals surface area contributed by atoms with E-state index in [-0.39, 0.29) is 16.2 Å². The monoisotopic (exact) mass is 1280 g/mol. The second-order valence-corrected chi connectivity index (χ2v) is 30.0. The van der Waals surface area contributed by atoms with Crippen LogP contribution in [0, 0.1) is 6.92 Å². The molecule has 97 heavy (non-hydrogen) atoms. The number of fused-ring (bicyclic) bond motifs is 19. The smallest absolute Gasteiger partial charge is 0.144 e. The molecule has 12 aromatic rings. The van der Waals surface area contributed by atoms with Crippen molar-refractivity contribution in [2.24, 2.45) is 0 Å². The second-order valence-electron chi connectivity index (χ2n) is 30.0. The number of rotatable bonds is 29. The summed E-state index contributed by atoms with van der Waals surface area (Å²) in [7, 11) is 0. The van der Waals surface area contributed by atoms with E-state index in [1.807, 2.05) is 0 Å². The number of unbranched alkanes of at least 4 members (excludes halogenated alkanes) is 16. The molecule has 2 heterocycles. The van der Waals surface area contributed by atoms with Gasteiger partial charge in [0, 0.05) is 66.0 Å². The highest BCUT2D eigenvalue weighted by Crippen LogP contribution is 2.68. The molecule has 0 saturated heterocycles. The third-order valence-electron chi connectivity index (χ3n) is 23.6. The van der Waals surface area contributed by atoms with Crippen molar-refractivity contribution >= 4 is 60.9 Å². The Labute approximate surface area is 578 Å². The molecule has 0 N–H and O–H groups in total. The molecule has 10 aromatic carbocycles. The van der Waals surface area contributed by atoms with Crippen LogP contribution in [-0.2, 0) is 16.2 Å². The highest BCUT2D eigenvalue weighted by Gasteiger charge is 2.54. The molecule has 0 radical (unpaired) electrons. The van der Waals surface area contributed by atoms with Crippen LogP contribution in [0.5, 0.6) is 0 Å². The Bertz CT molecular complexity index is 4790. The Morgan fingerprint density at radius 1 is 0.330 bits per heavy atom. The van der Waals surface area contributed by atoms with E-state index in [1.165, 1.54) is 241 Å². The summed E-state index contributed by atoms with van der Waals surface area (Å²) in [6, 6.07) is 74.4. The topological polar surface area (TPSA) is 29.5 Å². The van der Waals surface area contributed by atoms with Crippen molar-refractivity contribution in [2.45, 2.75) is 219 Å². The van der Waals surface area contributed by atoms with Gasteiger partial charge in [-0.2, -0.15) is 0 Å². The molecule has 494 valence electrons. The maximum Gasteiger partial charge on any atom is 0.144 e. The highest BCUT2D eigenvalue weighted by molar-refractivity contribution is 6.22. The van der Waals surface area contributed by atoms with Crippen molar-refractivity contribution in [3.8, 4) is 55.6 Å². The summed E-state index contributed by atoms with van der Waals surface area (Å²) in [5, 5.41) is 4.95. The highest BCUT2D eigenvalue weighted by atomic mass is 16.3. The molecule has 3 nitrogen and oxygen atoms in total. The van der Waals surface area contributed by atoms with Crippen molar-refractivity contribution in [3.05, 3.63) is 233 Å². The normalized spacial score (nSPS) is 14.3. The average molecular weight is 1280 g/mol. The van der Waals surface area contributed by atoms with E-state index in [1.54, 1.807) is 16.7 Å². The zero-order valence-corrected chi connectivity index (χ0v) is 59.2. The molecule has 0 atom stereocenters. The first-order valence-corrected chi connectivity index (χ1v) is 38.1. The summed E-state index contributed by atoms with van der Waals surface area (Å²) in [5.41, 5.74) is 30.2. The molecule has 3 heteroatoms. The van der Waals surface area contributed by atoms with Gasteiger partial charge >= 0.3 is 0 Å². The van der Waals surface area contributed by atoms with E-state index >= 15 is 0 Å². The van der Waals surface area contributed by atoms with E-state index in [9.17, 15) is 0 Å². The summed E-state index contributed by atoms with van der Waals surface area (Å²) >= 11 is 0. The van der Waals surface area contributed by atoms with Crippen LogP contribution >= 0.6 is 0 Å². The molecular weight excluding hydrogens is 1180 g/mol. The molecule has 0 bridgehead atoms. The van der Waals surface area contributed by atoms with Crippen molar-refractivity contribution in [3.63, 3.8) is 0 Å². The zero-order chi connectivity index (χ0) is 66.3. The van der Waals surface area contributed by atoms with Gasteiger partial charge in [0.2, 0.25) is 0 Å². The van der Waals surface area contributed by atoms with Crippen LogP contribution in [0.25, 0.3) is 99.5 Å². The standard InChI is InChI=1S/C94H101NO2/c1-8-12-16-20-35-57-93(58-36-21-17-13-9-2)76-45-31-28-42-70(76)87-89(93)88-84(86-74-44-30-34-48-82(74)97-91(86)87)72-56-54-69(62-78(72)94(88,59-37-22-18-14-10-3)60-38-23-19-15-11-4)95(80-46-32-27-39-64(80)5)68-53-55-71-77(61-68)92(6,7)79-63-75(67-51-49-66(50-52-67)65-40-25-24-26-41-65)90-85(83(71)79)73-43-29-33-47-81(73)96-90/h24-34,39-56,61-63H,8-23,35-38,57-60H2,1-7H3. The number of aryl methyl sites for hydroxylation is 1. The third-order valence-corrected chi connectivity index (χ3v) is 23.6. The lowest BCUT2D eigenvalue weighted by molar-refractivity contribution is 0.369. The fourth-order valence-corrected chi connectivity index (χ4v) is 18.7. The molecule has 3 aliphatic carbocycles. The number of furan rings is 2. The molecule has 0 spiro atoms. The Balaban J connectivity index is 0.956. The molecule has 3 aliphatic rings. The summed E-state index contributed by atoms with van der Waals surface area (Å²) < 4.78 is 14.6. The van der Waals surface area contributed by atoms with Crippen LogP contribution in [0.4, 0.5) is 17.1 Å². The summed E-state index contributed by atoms with van der Waals surface area (Å²) in [6.45, 7) is 16.7. The third kappa shape index (κ3) is 11.2. The van der Waals surface area contributed by atoms with Gasteiger partial charge in [0.1, 0.15) is 22.3 Å². The number of hydrogen-bond donors (Lipinski definition) is 0. The fourth-order valence-electron chi connectivity index (χ4n) is 18.7. The van der Waals surface area contributed by atoms with E-state index in [0.29, 0.717) is 0 Å². The largest absolute Gasteiger partial charge is 0.455 e. The van der Waals surface area contributed by atoms with Gasteiger partial charge in [-0.1, -0.05) is 316 Å². The van der Waals surface area contributed by atoms with Crippen LogP contribution in [0.2, 0.25) is 0 Å². The first-order valence-electron chi connectivity index (χ1n) is 38.1. The molecule has 0 amide bonds. The molecule has 15 rings (SSSR count). The molecule has 0 fully saturated rings. The van der Waals surface area contributed by atoms with Crippen molar-refractivity contribution < 1.29 is 8.83 Å². The summed E-state index contributed by atoms with van der Waals surface area (Å²) in [6.07, 6.45) is 29.9. The number of anilines is 3. The van der Waals surface area contributed by atoms with Gasteiger partial charge in [-0.3, -0.25) is 0 Å². The van der Waals surface area contributed by atoms with Gasteiger partial charge in [0.15, 0.2) is 0 Å². The number of para-hydroxylation sites is 3. The molecule has 0 saturated carbocycles. The maximum atomic E-state index is 7.56. The van der Waals surface area contributed by atoms with Crippen molar-refractivity contribution in [2.75, 3.05) is 4.90 Å². The Morgan fingerprint density at radius 3 is 1.36 bits per heavy atom. The van der Waals surface area contributed by atoms with Crippen molar-refractivity contribution in [1.82, 2.24) is 0 Å². The van der Waals surface area contributed by atoms with Crippen LogP contribution in [0.3, 0.4) is 0 Å². The summed E-state index contributed by atoms with van der Waals surface area (Å²) in [5.74, 6) is 0. The van der Waals surface area contributed by atoms with Gasteiger partial charge in [-0.15, -0.1) is 0 Å². The molecule has 0 unspecified atom stereocenters. The summed E-state index contributed by atoms with van der Waals surface area (Å²) in [4.78, 5) is 2.65. The molecular formula is C94H101NO2. The fraction of sp³-hybridized carbons (Fsp3) is 0.362. The average Bonchev–Trinajstić information content (AvgIpc) is 1.50. The minimum absolute atomic E-state index is 0.147. The lowest BCUT2D eigenvalue weighted by Crippen LogP contribution is -2.33. The van der Waals surface area contributed by atoms with E-state index in [4.69, 9.17) is 8.83 Å². The predicted molar refractivity (Wildman–Crippen MR) is 415 cm³/mol. The lowest BCUT2D eigenvalue weighted by Gasteiger charge is -2.40. The zero-order valence-electron chi connectivity index (χ0n) is 59.2. The van der Waals surface area contributed by atoms with Crippen LogP contribution < -0.4 is 4.90 Å². The minimum Gasteiger partial charge on any atom is -0.455 e. The maximum absolute atomic E-state index is 7.56. The first-order chi connectivity index (χ1) is 47.6. The van der Waals surface area contributed by atoms with E-state index < -0.39 is 0 Å². The van der Waals surface area contributed by atoms with Gasteiger partial charge in [-0.05, 0) is 165 Å². The molecule has 2 aromatic heterocycles. The van der Waals surface area contributed by atoms with Gasteiger partial charge in [0.05, 0.1) is 0 Å². The minimum atomic E-state index is -0.344. The number of benzene rings is 10. The second kappa shape index (κ2) is 27.5. The van der Waals surface area contributed by atoms with Gasteiger partial charge in [-0.25, -0.2) is 0 Å². The quantitative estimate of drug-likeness (QED) is 0.0438. The van der Waals surface area contributed by atoms with Crippen LogP contribution in [-0.4, -0.2) is 0 Å². The van der Waals surface area contributed by atoms with Gasteiger partial charge < -0.3 is 13.7 Å². The predicted octanol–water partition coefficient (Wildman–Crippen LogP) is 28.9. The Morgan fingerprint density at radius 2 is 0.773 bits per heavy atom. The van der Waals surface area contributed by atoms with Crippen molar-refractivity contribution in [1.29, 1.82) is 0 Å². The SMILES string of the molecule is CCCCCCCC1(CCCCCCC)c2ccccc2-c2c1c1c(c3c2oc2ccccc23)-c2ccc(N(c3ccc4c(c3)C(C)(C)c3cc(-c5ccc(-c6ccccc6)cc5)c5oc6ccccc6c5c3-4)c3ccccc3C)cc2C1(CCCCCCC)CCCCCCC.